The van der Waals surface area contributed by atoms with E-state index < -0.39 is 10.0 Å². The minimum atomic E-state index is -3.61. The van der Waals surface area contributed by atoms with Crippen LogP contribution in [0.1, 0.15) is 31.2 Å². The summed E-state index contributed by atoms with van der Waals surface area (Å²) in [6.45, 7) is 1.56. The lowest BCUT2D eigenvalue weighted by Crippen LogP contribution is -2.40. The van der Waals surface area contributed by atoms with E-state index in [9.17, 15) is 13.2 Å². The molecule has 2 fully saturated rings. The van der Waals surface area contributed by atoms with Crippen LogP contribution in [0.15, 0.2) is 29.2 Å². The number of rotatable bonds is 5. The topological polar surface area (TPSA) is 96.7 Å². The van der Waals surface area contributed by atoms with Gasteiger partial charge >= 0.3 is 5.97 Å². The Balaban J connectivity index is 1.53. The van der Waals surface area contributed by atoms with Crippen molar-refractivity contribution >= 4 is 16.0 Å². The van der Waals surface area contributed by atoms with Gasteiger partial charge in [-0.2, -0.15) is 9.57 Å². The quantitative estimate of drug-likeness (QED) is 0.723. The molecule has 3 rings (SSSR count). The van der Waals surface area contributed by atoms with Gasteiger partial charge < -0.3 is 9.47 Å². The van der Waals surface area contributed by atoms with E-state index in [0.29, 0.717) is 25.0 Å². The first-order valence-electron chi connectivity index (χ1n) is 8.79. The van der Waals surface area contributed by atoms with E-state index in [1.54, 1.807) is 0 Å². The molecule has 0 bridgehead atoms. The van der Waals surface area contributed by atoms with Crippen molar-refractivity contribution in [3.05, 3.63) is 29.8 Å². The van der Waals surface area contributed by atoms with Gasteiger partial charge in [-0.25, -0.2) is 8.42 Å². The van der Waals surface area contributed by atoms with Gasteiger partial charge in [0.15, 0.2) is 0 Å². The molecule has 0 aliphatic carbocycles. The van der Waals surface area contributed by atoms with Crippen LogP contribution in [0.3, 0.4) is 0 Å². The maximum absolute atomic E-state index is 12.7. The van der Waals surface area contributed by atoms with Crippen LogP contribution in [-0.4, -0.2) is 51.1 Å². The summed E-state index contributed by atoms with van der Waals surface area (Å²) >= 11 is 0. The zero-order valence-electron chi connectivity index (χ0n) is 14.5. The van der Waals surface area contributed by atoms with Crippen LogP contribution < -0.4 is 0 Å². The van der Waals surface area contributed by atoms with E-state index in [1.807, 2.05) is 6.07 Å². The molecular weight excluding hydrogens is 356 g/mol. The molecule has 0 aromatic heterocycles. The number of benzene rings is 1. The summed E-state index contributed by atoms with van der Waals surface area (Å²) in [5.41, 5.74) is 0.414. The molecular formula is C18H22N2O5S. The van der Waals surface area contributed by atoms with E-state index in [1.165, 1.54) is 28.6 Å². The summed E-state index contributed by atoms with van der Waals surface area (Å²) in [6, 6.07) is 7.82. The summed E-state index contributed by atoms with van der Waals surface area (Å²) in [6.07, 6.45) is 2.79. The van der Waals surface area contributed by atoms with Crippen molar-refractivity contribution in [3.8, 4) is 6.07 Å². The molecule has 0 radical (unpaired) electrons. The fraction of sp³-hybridized carbons (Fsp3) is 0.556. The normalized spacial score (nSPS) is 22.0. The molecule has 1 aromatic carbocycles. The third-order valence-corrected chi connectivity index (χ3v) is 6.76. The zero-order valence-corrected chi connectivity index (χ0v) is 15.3. The number of carbonyl (C=O) groups excluding carboxylic acids is 1. The number of hydrogen-bond donors (Lipinski definition) is 0. The second-order valence-electron chi connectivity index (χ2n) is 6.58. The molecule has 2 saturated heterocycles. The molecule has 7 nitrogen and oxygen atoms in total. The van der Waals surface area contributed by atoms with Crippen LogP contribution >= 0.6 is 0 Å². The van der Waals surface area contributed by atoms with Crippen LogP contribution in [0.2, 0.25) is 0 Å². The second-order valence-corrected chi connectivity index (χ2v) is 8.52. The SMILES string of the molecule is N#Cc1ccc(S(=O)(=O)N2CCC(C(=O)OC[C@H]3CCCO3)CC2)cc1. The fourth-order valence-corrected chi connectivity index (χ4v) is 4.72. The van der Waals surface area contributed by atoms with Crippen molar-refractivity contribution in [1.29, 1.82) is 5.26 Å². The number of nitriles is 1. The highest BCUT2D eigenvalue weighted by Gasteiger charge is 2.33. The zero-order chi connectivity index (χ0) is 18.6. The molecule has 1 atom stereocenters. The van der Waals surface area contributed by atoms with Gasteiger partial charge in [-0.1, -0.05) is 0 Å². The van der Waals surface area contributed by atoms with Crippen LogP contribution in [0.25, 0.3) is 0 Å². The minimum absolute atomic E-state index is 0.00389. The molecule has 0 N–H and O–H groups in total. The number of carbonyl (C=O) groups is 1. The van der Waals surface area contributed by atoms with E-state index in [0.717, 1.165) is 12.8 Å². The third-order valence-electron chi connectivity index (χ3n) is 4.84. The van der Waals surface area contributed by atoms with Crippen molar-refractivity contribution in [2.45, 2.75) is 36.7 Å². The van der Waals surface area contributed by atoms with Crippen molar-refractivity contribution in [3.63, 3.8) is 0 Å². The maximum atomic E-state index is 12.7. The Kier molecular flexibility index (Phi) is 5.91. The van der Waals surface area contributed by atoms with Crippen LogP contribution in [0.4, 0.5) is 0 Å². The molecule has 0 amide bonds. The van der Waals surface area contributed by atoms with Gasteiger partial charge in [0, 0.05) is 19.7 Å². The Bertz CT molecular complexity index is 771. The standard InChI is InChI=1S/C18H22N2O5S/c19-12-14-3-5-17(6-4-14)26(22,23)20-9-7-15(8-10-20)18(21)25-13-16-2-1-11-24-16/h3-6,15-16H,1-2,7-11,13H2/t16-/m1/s1. The lowest BCUT2D eigenvalue weighted by Gasteiger charge is -2.30. The predicted octanol–water partition coefficient (Wildman–Crippen LogP) is 1.68. The lowest BCUT2D eigenvalue weighted by atomic mass is 9.98. The van der Waals surface area contributed by atoms with E-state index in [2.05, 4.69) is 0 Å². The highest BCUT2D eigenvalue weighted by Crippen LogP contribution is 2.25. The first-order valence-corrected chi connectivity index (χ1v) is 10.2. The first-order chi connectivity index (χ1) is 12.5. The average Bonchev–Trinajstić information content (AvgIpc) is 3.20. The number of piperidine rings is 1. The summed E-state index contributed by atoms with van der Waals surface area (Å²) in [5.74, 6) is -0.542. The predicted molar refractivity (Wildman–Crippen MR) is 92.6 cm³/mol. The highest BCUT2D eigenvalue weighted by atomic mass is 32.2. The molecule has 140 valence electrons. The first kappa shape index (κ1) is 18.8. The van der Waals surface area contributed by atoms with E-state index in [4.69, 9.17) is 14.7 Å². The Morgan fingerprint density at radius 2 is 1.92 bits per heavy atom. The monoisotopic (exact) mass is 378 g/mol. The molecule has 8 heteroatoms. The Morgan fingerprint density at radius 1 is 1.23 bits per heavy atom. The van der Waals surface area contributed by atoms with Crippen LogP contribution in [-0.2, 0) is 24.3 Å². The third kappa shape index (κ3) is 4.23. The number of hydrogen-bond acceptors (Lipinski definition) is 6. The van der Waals surface area contributed by atoms with Gasteiger partial charge in [-0.15, -0.1) is 0 Å². The summed E-state index contributed by atoms with van der Waals surface area (Å²) in [4.78, 5) is 12.3. The maximum Gasteiger partial charge on any atom is 0.309 e. The van der Waals surface area contributed by atoms with Gasteiger partial charge in [0.1, 0.15) is 6.61 Å². The second kappa shape index (κ2) is 8.16. The van der Waals surface area contributed by atoms with Gasteiger partial charge in [0.25, 0.3) is 0 Å². The lowest BCUT2D eigenvalue weighted by molar-refractivity contribution is -0.153. The van der Waals surface area contributed by atoms with E-state index >= 15 is 0 Å². The van der Waals surface area contributed by atoms with Crippen molar-refractivity contribution in [2.75, 3.05) is 26.3 Å². The number of ether oxygens (including phenoxy) is 2. The Hall–Kier alpha value is -1.95. The average molecular weight is 378 g/mol. The van der Waals surface area contributed by atoms with Crippen molar-refractivity contribution < 1.29 is 22.7 Å². The Morgan fingerprint density at radius 3 is 2.50 bits per heavy atom. The largest absolute Gasteiger partial charge is 0.463 e. The molecule has 1 aromatic rings. The van der Waals surface area contributed by atoms with Gasteiger partial charge in [-0.05, 0) is 49.9 Å². The van der Waals surface area contributed by atoms with Crippen molar-refractivity contribution in [1.82, 2.24) is 4.31 Å². The molecule has 0 saturated carbocycles. The van der Waals surface area contributed by atoms with Gasteiger partial charge in [0.05, 0.1) is 28.6 Å². The molecule has 2 aliphatic rings. The summed E-state index contributed by atoms with van der Waals surface area (Å²) in [5, 5.41) is 8.81. The summed E-state index contributed by atoms with van der Waals surface area (Å²) in [7, 11) is -3.61. The van der Waals surface area contributed by atoms with Crippen LogP contribution in [0, 0.1) is 17.2 Å². The molecule has 0 unspecified atom stereocenters. The number of esters is 1. The molecule has 0 spiro atoms. The molecule has 2 aliphatic heterocycles. The highest BCUT2D eigenvalue weighted by molar-refractivity contribution is 7.89. The van der Waals surface area contributed by atoms with Crippen molar-refractivity contribution in [2.24, 2.45) is 5.92 Å². The smallest absolute Gasteiger partial charge is 0.309 e. The molecule has 2 heterocycles. The van der Waals surface area contributed by atoms with Gasteiger partial charge in [-0.3, -0.25) is 4.79 Å². The number of nitrogens with zero attached hydrogens (tertiary/aromatic N) is 2. The number of sulfonamides is 1. The fourth-order valence-electron chi connectivity index (χ4n) is 3.25. The Labute approximate surface area is 153 Å². The minimum Gasteiger partial charge on any atom is -0.463 e. The summed E-state index contributed by atoms with van der Waals surface area (Å²) < 4.78 is 37.5. The van der Waals surface area contributed by atoms with Gasteiger partial charge in [0.2, 0.25) is 10.0 Å². The molecule has 26 heavy (non-hydrogen) atoms. The van der Waals surface area contributed by atoms with E-state index in [-0.39, 0.29) is 42.6 Å². The van der Waals surface area contributed by atoms with Crippen LogP contribution in [0.5, 0.6) is 0 Å².